The number of hydrogen-bond acceptors (Lipinski definition) is 3. The Labute approximate surface area is 123 Å². The Balaban J connectivity index is 1.89. The van der Waals surface area contributed by atoms with Gasteiger partial charge in [-0.3, -0.25) is 0 Å². The van der Waals surface area contributed by atoms with Crippen molar-refractivity contribution in [1.82, 2.24) is 19.8 Å². The summed E-state index contributed by atoms with van der Waals surface area (Å²) in [6.45, 7) is 7.44. The Hall–Kier alpha value is -1.53. The highest BCUT2D eigenvalue weighted by molar-refractivity contribution is 7.71. The smallest absolute Gasteiger partial charge is 0.225 e. The molecule has 1 N–H and O–H groups in total. The van der Waals surface area contributed by atoms with Gasteiger partial charge in [-0.2, -0.15) is 9.36 Å². The van der Waals surface area contributed by atoms with Crippen LogP contribution in [-0.4, -0.2) is 32.9 Å². The van der Waals surface area contributed by atoms with E-state index in [2.05, 4.69) is 36.4 Å². The summed E-state index contributed by atoms with van der Waals surface area (Å²) in [5.41, 5.74) is 3.50. The quantitative estimate of drug-likeness (QED) is 0.859. The standard InChI is InChI=1S/C14H19N5S/c1-11-5-6-13(9-12(11)2)19-14(20)18(15-16-19)10-17-7-3-4-8-17/h5-6,9H,3-4,7-8,10H2,1-2H3/p+1. The van der Waals surface area contributed by atoms with Gasteiger partial charge in [0.25, 0.3) is 0 Å². The number of hydrogen-bond donors (Lipinski definition) is 1. The molecule has 1 aliphatic heterocycles. The van der Waals surface area contributed by atoms with Crippen molar-refractivity contribution in [2.24, 2.45) is 0 Å². The van der Waals surface area contributed by atoms with Gasteiger partial charge in [0, 0.05) is 12.8 Å². The summed E-state index contributed by atoms with van der Waals surface area (Å²) in [4.78, 5) is 1.54. The third kappa shape index (κ3) is 2.53. The van der Waals surface area contributed by atoms with Gasteiger partial charge in [0.2, 0.25) is 4.77 Å². The first-order chi connectivity index (χ1) is 9.65. The topological polar surface area (TPSA) is 40.1 Å². The molecule has 0 atom stereocenters. The van der Waals surface area contributed by atoms with Crippen molar-refractivity contribution >= 4 is 12.2 Å². The SMILES string of the molecule is Cc1ccc(-n2nnn(C[NH+]3CCCC3)c2=S)cc1C. The molecule has 2 aromatic rings. The average molecular weight is 290 g/mol. The number of aryl methyl sites for hydroxylation is 2. The molecule has 5 nitrogen and oxygen atoms in total. The fraction of sp³-hybridized carbons (Fsp3) is 0.500. The second-order valence-corrected chi connectivity index (χ2v) is 5.92. The molecule has 1 saturated heterocycles. The van der Waals surface area contributed by atoms with E-state index in [1.165, 1.54) is 42.0 Å². The molecule has 1 aromatic heterocycles. The first kappa shape index (κ1) is 13.5. The van der Waals surface area contributed by atoms with Gasteiger partial charge < -0.3 is 4.90 Å². The Morgan fingerprint density at radius 2 is 1.90 bits per heavy atom. The molecule has 1 aromatic carbocycles. The van der Waals surface area contributed by atoms with E-state index >= 15 is 0 Å². The summed E-state index contributed by atoms with van der Waals surface area (Å²) in [6, 6.07) is 6.24. The van der Waals surface area contributed by atoms with Gasteiger partial charge in [0.1, 0.15) is 0 Å². The van der Waals surface area contributed by atoms with Gasteiger partial charge in [-0.05, 0) is 59.8 Å². The largest absolute Gasteiger partial charge is 0.316 e. The van der Waals surface area contributed by atoms with E-state index in [-0.39, 0.29) is 0 Å². The fourth-order valence-corrected chi connectivity index (χ4v) is 2.88. The lowest BCUT2D eigenvalue weighted by atomic mass is 10.1. The van der Waals surface area contributed by atoms with Crippen LogP contribution in [0.5, 0.6) is 0 Å². The molecule has 2 heterocycles. The van der Waals surface area contributed by atoms with Crippen LogP contribution in [0.1, 0.15) is 24.0 Å². The van der Waals surface area contributed by atoms with Gasteiger partial charge in [-0.1, -0.05) is 6.07 Å². The van der Waals surface area contributed by atoms with E-state index in [4.69, 9.17) is 12.2 Å². The van der Waals surface area contributed by atoms with Crippen LogP contribution >= 0.6 is 12.2 Å². The zero-order valence-electron chi connectivity index (χ0n) is 12.0. The van der Waals surface area contributed by atoms with Crippen molar-refractivity contribution in [3.63, 3.8) is 0 Å². The number of rotatable bonds is 3. The highest BCUT2D eigenvalue weighted by atomic mass is 32.1. The summed E-state index contributed by atoms with van der Waals surface area (Å²) >= 11 is 5.51. The predicted octanol–water partition coefficient (Wildman–Crippen LogP) is 1.05. The summed E-state index contributed by atoms with van der Waals surface area (Å²) in [5.74, 6) is 0. The number of benzene rings is 1. The molecule has 0 spiro atoms. The van der Waals surface area contributed by atoms with E-state index in [1.54, 1.807) is 4.68 Å². The number of tetrazole rings is 1. The molecule has 0 radical (unpaired) electrons. The first-order valence-corrected chi connectivity index (χ1v) is 7.50. The minimum absolute atomic E-state index is 0.674. The third-order valence-electron chi connectivity index (χ3n) is 4.06. The lowest BCUT2D eigenvalue weighted by molar-refractivity contribution is -0.911. The Morgan fingerprint density at radius 1 is 1.15 bits per heavy atom. The molecule has 0 aliphatic carbocycles. The Bertz CT molecular complexity index is 666. The van der Waals surface area contributed by atoms with Crippen LogP contribution < -0.4 is 4.90 Å². The van der Waals surface area contributed by atoms with E-state index in [0.717, 1.165) is 12.4 Å². The van der Waals surface area contributed by atoms with E-state index < -0.39 is 0 Å². The molecule has 3 rings (SSSR count). The number of aromatic nitrogens is 4. The third-order valence-corrected chi connectivity index (χ3v) is 4.44. The number of quaternary nitrogens is 1. The van der Waals surface area contributed by atoms with Crippen LogP contribution in [0.2, 0.25) is 0 Å². The second-order valence-electron chi connectivity index (χ2n) is 5.56. The van der Waals surface area contributed by atoms with Crippen LogP contribution in [0, 0.1) is 18.6 Å². The van der Waals surface area contributed by atoms with Gasteiger partial charge in [-0.25, -0.2) is 0 Å². The number of nitrogens with one attached hydrogen (secondary N) is 1. The van der Waals surface area contributed by atoms with Crippen molar-refractivity contribution in [2.75, 3.05) is 13.1 Å². The number of nitrogens with zero attached hydrogens (tertiary/aromatic N) is 4. The van der Waals surface area contributed by atoms with E-state index in [1.807, 2.05) is 10.7 Å². The molecule has 106 valence electrons. The summed E-state index contributed by atoms with van der Waals surface area (Å²) < 4.78 is 4.26. The summed E-state index contributed by atoms with van der Waals surface area (Å²) in [7, 11) is 0. The zero-order chi connectivity index (χ0) is 14.1. The van der Waals surface area contributed by atoms with Crippen molar-refractivity contribution in [3.8, 4) is 5.69 Å². The van der Waals surface area contributed by atoms with Crippen molar-refractivity contribution < 1.29 is 4.90 Å². The van der Waals surface area contributed by atoms with Crippen molar-refractivity contribution in [3.05, 3.63) is 34.1 Å². The van der Waals surface area contributed by atoms with E-state index in [9.17, 15) is 0 Å². The Morgan fingerprint density at radius 3 is 2.60 bits per heavy atom. The maximum absolute atomic E-state index is 5.51. The maximum atomic E-state index is 5.51. The summed E-state index contributed by atoms with van der Waals surface area (Å²) in [6.07, 6.45) is 2.60. The maximum Gasteiger partial charge on any atom is 0.225 e. The molecule has 0 saturated carbocycles. The highest BCUT2D eigenvalue weighted by Crippen LogP contribution is 2.13. The molecular formula is C14H20N5S+. The minimum atomic E-state index is 0.674. The van der Waals surface area contributed by atoms with Crippen LogP contribution in [0.3, 0.4) is 0 Å². The minimum Gasteiger partial charge on any atom is -0.316 e. The van der Waals surface area contributed by atoms with Gasteiger partial charge in [-0.15, -0.1) is 0 Å². The Kier molecular flexibility index (Phi) is 3.67. The van der Waals surface area contributed by atoms with Crippen LogP contribution in [0.15, 0.2) is 18.2 Å². The molecular weight excluding hydrogens is 270 g/mol. The molecule has 20 heavy (non-hydrogen) atoms. The molecule has 1 fully saturated rings. The average Bonchev–Trinajstić information content (AvgIpc) is 3.05. The lowest BCUT2D eigenvalue weighted by Crippen LogP contribution is -3.09. The molecule has 0 bridgehead atoms. The lowest BCUT2D eigenvalue weighted by Gasteiger charge is -2.10. The molecule has 0 unspecified atom stereocenters. The molecule has 6 heteroatoms. The van der Waals surface area contributed by atoms with Gasteiger partial charge in [0.05, 0.1) is 18.8 Å². The van der Waals surface area contributed by atoms with Crippen LogP contribution in [0.25, 0.3) is 5.69 Å². The van der Waals surface area contributed by atoms with E-state index in [0.29, 0.717) is 4.77 Å². The number of likely N-dealkylation sites (tertiary alicyclic amines) is 1. The monoisotopic (exact) mass is 290 g/mol. The van der Waals surface area contributed by atoms with Crippen molar-refractivity contribution in [2.45, 2.75) is 33.4 Å². The van der Waals surface area contributed by atoms with Crippen LogP contribution in [0.4, 0.5) is 0 Å². The predicted molar refractivity (Wildman–Crippen MR) is 79.6 cm³/mol. The van der Waals surface area contributed by atoms with Gasteiger partial charge >= 0.3 is 0 Å². The van der Waals surface area contributed by atoms with Crippen molar-refractivity contribution in [1.29, 1.82) is 0 Å². The fourth-order valence-electron chi connectivity index (χ4n) is 2.64. The first-order valence-electron chi connectivity index (χ1n) is 7.09. The zero-order valence-corrected chi connectivity index (χ0v) is 12.8. The highest BCUT2D eigenvalue weighted by Gasteiger charge is 2.17. The summed E-state index contributed by atoms with van der Waals surface area (Å²) in [5, 5.41) is 8.42. The normalized spacial score (nSPS) is 15.9. The molecule has 1 aliphatic rings. The van der Waals surface area contributed by atoms with Crippen LogP contribution in [-0.2, 0) is 6.67 Å². The van der Waals surface area contributed by atoms with Gasteiger partial charge in [0.15, 0.2) is 6.67 Å². The second kappa shape index (κ2) is 5.46. The molecule has 0 amide bonds.